The third-order valence-electron chi connectivity index (χ3n) is 4.07. The number of nitrogens with zero attached hydrogens (tertiary/aromatic N) is 2. The number of hydrogen-bond donors (Lipinski definition) is 1. The van der Waals surface area contributed by atoms with E-state index in [0.717, 1.165) is 15.7 Å². The Bertz CT molecular complexity index is 988. The maximum absolute atomic E-state index is 12.7. The van der Waals surface area contributed by atoms with Crippen molar-refractivity contribution in [1.82, 2.24) is 15.1 Å². The predicted molar refractivity (Wildman–Crippen MR) is 110 cm³/mol. The molecule has 28 heavy (non-hydrogen) atoms. The Balaban J connectivity index is 1.80. The molecule has 0 saturated carbocycles. The molecule has 1 amide bonds. The van der Waals surface area contributed by atoms with Gasteiger partial charge in [0.2, 0.25) is 0 Å². The first-order valence-corrected chi connectivity index (χ1v) is 9.58. The van der Waals surface area contributed by atoms with Gasteiger partial charge in [0.05, 0.1) is 25.3 Å². The van der Waals surface area contributed by atoms with Gasteiger partial charge in [-0.2, -0.15) is 5.10 Å². The molecule has 1 heterocycles. The van der Waals surface area contributed by atoms with Gasteiger partial charge in [0, 0.05) is 15.7 Å². The van der Waals surface area contributed by atoms with Gasteiger partial charge in [0.15, 0.2) is 5.69 Å². The first kappa shape index (κ1) is 20.1. The molecule has 0 fully saturated rings. The number of benzene rings is 2. The van der Waals surface area contributed by atoms with Crippen LogP contribution < -0.4 is 5.32 Å². The highest BCUT2D eigenvalue weighted by atomic mass is 79.9. The van der Waals surface area contributed by atoms with E-state index in [1.54, 1.807) is 35.1 Å². The molecule has 0 radical (unpaired) electrons. The number of aromatic nitrogens is 2. The van der Waals surface area contributed by atoms with Gasteiger partial charge in [0.1, 0.15) is 0 Å². The number of rotatable bonds is 6. The van der Waals surface area contributed by atoms with Gasteiger partial charge < -0.3 is 10.1 Å². The zero-order chi connectivity index (χ0) is 20.1. The molecule has 6 nitrogen and oxygen atoms in total. The number of nitrogens with one attached hydrogen (secondary N) is 1. The number of hydrogen-bond acceptors (Lipinski definition) is 4. The summed E-state index contributed by atoms with van der Waals surface area (Å²) < 4.78 is 7.22. The number of carbonyl (C=O) groups excluding carboxylic acids is 2. The summed E-state index contributed by atoms with van der Waals surface area (Å²) in [6.07, 6.45) is 1.69. The second kappa shape index (κ2) is 9.03. The number of esters is 1. The van der Waals surface area contributed by atoms with Gasteiger partial charge >= 0.3 is 5.97 Å². The average Bonchev–Trinajstić information content (AvgIpc) is 3.18. The molecule has 1 atom stereocenters. The van der Waals surface area contributed by atoms with E-state index in [-0.39, 0.29) is 12.1 Å². The Morgan fingerprint density at radius 3 is 2.64 bits per heavy atom. The predicted octanol–water partition coefficient (Wildman–Crippen LogP) is 4.32. The number of ether oxygens (including phenoxy) is 1. The largest absolute Gasteiger partial charge is 0.469 e. The smallest absolute Gasteiger partial charge is 0.307 e. The topological polar surface area (TPSA) is 73.2 Å². The van der Waals surface area contributed by atoms with Gasteiger partial charge in [-0.25, -0.2) is 4.68 Å². The SMILES string of the molecule is COC(=O)CC(NC(=O)c1ccn(-c2cccc(Cl)c2)n1)c1ccc(Br)cc1. The van der Waals surface area contributed by atoms with Crippen molar-refractivity contribution in [2.45, 2.75) is 12.5 Å². The van der Waals surface area contributed by atoms with Crippen molar-refractivity contribution in [3.8, 4) is 5.69 Å². The molecule has 1 aromatic heterocycles. The van der Waals surface area contributed by atoms with E-state index >= 15 is 0 Å². The van der Waals surface area contributed by atoms with E-state index in [9.17, 15) is 9.59 Å². The first-order chi connectivity index (χ1) is 13.5. The van der Waals surface area contributed by atoms with Gasteiger partial charge in [-0.15, -0.1) is 0 Å². The minimum absolute atomic E-state index is 0.0128. The highest BCUT2D eigenvalue weighted by Gasteiger charge is 2.21. The summed E-state index contributed by atoms with van der Waals surface area (Å²) in [7, 11) is 1.31. The third kappa shape index (κ3) is 4.99. The lowest BCUT2D eigenvalue weighted by Gasteiger charge is -2.17. The molecule has 3 rings (SSSR count). The Hall–Kier alpha value is -2.64. The number of methoxy groups -OCH3 is 1. The first-order valence-electron chi connectivity index (χ1n) is 8.41. The number of amides is 1. The van der Waals surface area contributed by atoms with E-state index in [1.165, 1.54) is 7.11 Å². The summed E-state index contributed by atoms with van der Waals surface area (Å²) in [5, 5.41) is 7.73. The Morgan fingerprint density at radius 1 is 1.21 bits per heavy atom. The maximum Gasteiger partial charge on any atom is 0.307 e. The Labute approximate surface area is 175 Å². The summed E-state index contributed by atoms with van der Waals surface area (Å²) in [6, 6.07) is 15.6. The van der Waals surface area contributed by atoms with Crippen molar-refractivity contribution in [3.63, 3.8) is 0 Å². The normalized spacial score (nSPS) is 11.7. The lowest BCUT2D eigenvalue weighted by Crippen LogP contribution is -2.30. The zero-order valence-electron chi connectivity index (χ0n) is 14.9. The second-order valence-corrected chi connectivity index (χ2v) is 7.34. The lowest BCUT2D eigenvalue weighted by molar-refractivity contribution is -0.141. The lowest BCUT2D eigenvalue weighted by atomic mass is 10.0. The molecule has 3 aromatic rings. The van der Waals surface area contributed by atoms with Crippen molar-refractivity contribution >= 4 is 39.4 Å². The molecule has 0 aliphatic carbocycles. The van der Waals surface area contributed by atoms with E-state index in [2.05, 4.69) is 26.3 Å². The molecule has 0 aliphatic rings. The van der Waals surface area contributed by atoms with Gasteiger partial charge in [-0.05, 0) is 42.0 Å². The molecule has 1 N–H and O–H groups in total. The van der Waals surface area contributed by atoms with E-state index in [1.807, 2.05) is 30.3 Å². The fourth-order valence-corrected chi connectivity index (χ4v) is 3.09. The molecule has 0 saturated heterocycles. The minimum Gasteiger partial charge on any atom is -0.469 e. The highest BCUT2D eigenvalue weighted by molar-refractivity contribution is 9.10. The maximum atomic E-state index is 12.7. The monoisotopic (exact) mass is 461 g/mol. The molecule has 1 unspecified atom stereocenters. The molecule has 0 spiro atoms. The van der Waals surface area contributed by atoms with Gasteiger partial charge in [0.25, 0.3) is 5.91 Å². The summed E-state index contributed by atoms with van der Waals surface area (Å²) in [6.45, 7) is 0. The average molecular weight is 463 g/mol. The summed E-state index contributed by atoms with van der Waals surface area (Å²) in [5.74, 6) is -0.810. The molecule has 0 aliphatic heterocycles. The summed E-state index contributed by atoms with van der Waals surface area (Å²) >= 11 is 9.38. The molecular weight excluding hydrogens is 446 g/mol. The van der Waals surface area contributed by atoms with Crippen LogP contribution in [0.25, 0.3) is 5.69 Å². The van der Waals surface area contributed by atoms with E-state index < -0.39 is 17.9 Å². The molecule has 0 bridgehead atoms. The standard InChI is InChI=1S/C20H17BrClN3O3/c1-28-19(26)12-18(13-5-7-14(21)8-6-13)23-20(27)17-9-10-25(24-17)16-4-2-3-15(22)11-16/h2-11,18H,12H2,1H3,(H,23,27). The minimum atomic E-state index is -0.538. The molecule has 144 valence electrons. The molecular formula is C20H17BrClN3O3. The van der Waals surface area contributed by atoms with Crippen molar-refractivity contribution < 1.29 is 14.3 Å². The van der Waals surface area contributed by atoms with Crippen LogP contribution >= 0.6 is 27.5 Å². The second-order valence-electron chi connectivity index (χ2n) is 5.98. The van der Waals surface area contributed by atoms with Crippen LogP contribution in [0.3, 0.4) is 0 Å². The number of carbonyl (C=O) groups is 2. The van der Waals surface area contributed by atoms with Crippen LogP contribution in [-0.4, -0.2) is 28.8 Å². The fourth-order valence-electron chi connectivity index (χ4n) is 2.64. The van der Waals surface area contributed by atoms with E-state index in [4.69, 9.17) is 16.3 Å². The van der Waals surface area contributed by atoms with Crippen LogP contribution in [-0.2, 0) is 9.53 Å². The fraction of sp³-hybridized carbons (Fsp3) is 0.150. The van der Waals surface area contributed by atoms with Crippen LogP contribution in [0.4, 0.5) is 0 Å². The van der Waals surface area contributed by atoms with Crippen LogP contribution in [0.5, 0.6) is 0 Å². The summed E-state index contributed by atoms with van der Waals surface area (Å²) in [4.78, 5) is 24.5. The van der Waals surface area contributed by atoms with Gasteiger partial charge in [-0.3, -0.25) is 9.59 Å². The van der Waals surface area contributed by atoms with Gasteiger partial charge in [-0.1, -0.05) is 45.7 Å². The Kier molecular flexibility index (Phi) is 6.49. The van der Waals surface area contributed by atoms with Crippen LogP contribution in [0.1, 0.15) is 28.5 Å². The van der Waals surface area contributed by atoms with Crippen molar-refractivity contribution in [1.29, 1.82) is 0 Å². The van der Waals surface area contributed by atoms with Crippen molar-refractivity contribution in [2.75, 3.05) is 7.11 Å². The third-order valence-corrected chi connectivity index (χ3v) is 4.83. The van der Waals surface area contributed by atoms with Crippen LogP contribution in [0.15, 0.2) is 65.3 Å². The molecule has 8 heteroatoms. The zero-order valence-corrected chi connectivity index (χ0v) is 17.3. The van der Waals surface area contributed by atoms with E-state index in [0.29, 0.717) is 5.02 Å². The highest BCUT2D eigenvalue weighted by Crippen LogP contribution is 2.21. The van der Waals surface area contributed by atoms with Crippen molar-refractivity contribution in [3.05, 3.63) is 81.5 Å². The van der Waals surface area contributed by atoms with Crippen LogP contribution in [0.2, 0.25) is 5.02 Å². The Morgan fingerprint density at radius 2 is 1.96 bits per heavy atom. The van der Waals surface area contributed by atoms with Crippen LogP contribution in [0, 0.1) is 0 Å². The molecule has 2 aromatic carbocycles. The number of halogens is 2. The quantitative estimate of drug-likeness (QED) is 0.554. The van der Waals surface area contributed by atoms with Crippen molar-refractivity contribution in [2.24, 2.45) is 0 Å². The summed E-state index contributed by atoms with van der Waals surface area (Å²) in [5.41, 5.74) is 1.76.